The highest BCUT2D eigenvalue weighted by molar-refractivity contribution is 5.27. The summed E-state index contributed by atoms with van der Waals surface area (Å²) in [4.78, 5) is 10.5. The third-order valence-electron chi connectivity index (χ3n) is 1.16. The number of nitrogens with two attached hydrogens (primary N) is 1. The standard InChI is InChI=1S/C6H8N2O/c1-8-3-2-5(9)4-6(8)7/h2-4H,7H2,1H3. The van der Waals surface area contributed by atoms with E-state index < -0.39 is 0 Å². The van der Waals surface area contributed by atoms with Gasteiger partial charge in [-0.05, 0) is 0 Å². The molecule has 9 heavy (non-hydrogen) atoms. The van der Waals surface area contributed by atoms with E-state index >= 15 is 0 Å². The molecule has 0 fully saturated rings. The number of pyridine rings is 1. The van der Waals surface area contributed by atoms with Crippen LogP contribution in [0.25, 0.3) is 0 Å². The topological polar surface area (TPSA) is 48.0 Å². The van der Waals surface area contributed by atoms with Gasteiger partial charge in [-0.2, -0.15) is 0 Å². The first-order valence-corrected chi connectivity index (χ1v) is 2.62. The van der Waals surface area contributed by atoms with Crippen molar-refractivity contribution >= 4 is 5.82 Å². The number of nitrogens with zero attached hydrogens (tertiary/aromatic N) is 1. The van der Waals surface area contributed by atoms with Crippen molar-refractivity contribution in [1.29, 1.82) is 0 Å². The summed E-state index contributed by atoms with van der Waals surface area (Å²) in [5.41, 5.74) is 5.33. The van der Waals surface area contributed by atoms with E-state index in [1.807, 2.05) is 0 Å². The van der Waals surface area contributed by atoms with Gasteiger partial charge in [0.05, 0.1) is 0 Å². The van der Waals surface area contributed by atoms with E-state index in [-0.39, 0.29) is 5.43 Å². The lowest BCUT2D eigenvalue weighted by atomic mass is 10.4. The van der Waals surface area contributed by atoms with Crippen molar-refractivity contribution in [3.8, 4) is 0 Å². The number of rotatable bonds is 0. The Kier molecular flexibility index (Phi) is 1.26. The van der Waals surface area contributed by atoms with Gasteiger partial charge in [0.25, 0.3) is 0 Å². The van der Waals surface area contributed by atoms with Crippen molar-refractivity contribution in [3.05, 3.63) is 28.6 Å². The Morgan fingerprint density at radius 2 is 2.33 bits per heavy atom. The first kappa shape index (κ1) is 5.88. The fourth-order valence-corrected chi connectivity index (χ4v) is 0.567. The van der Waals surface area contributed by atoms with E-state index in [1.54, 1.807) is 17.8 Å². The number of anilines is 1. The zero-order valence-corrected chi connectivity index (χ0v) is 5.16. The summed E-state index contributed by atoms with van der Waals surface area (Å²) in [6.45, 7) is 0. The van der Waals surface area contributed by atoms with E-state index in [0.29, 0.717) is 5.82 Å². The normalized spacial score (nSPS) is 9.44. The van der Waals surface area contributed by atoms with Crippen LogP contribution in [0.3, 0.4) is 0 Å². The summed E-state index contributed by atoms with van der Waals surface area (Å²) in [6.07, 6.45) is 1.64. The molecule has 0 saturated heterocycles. The SMILES string of the molecule is Cn1ccc(=O)cc1N. The molecule has 3 heteroatoms. The second-order valence-electron chi connectivity index (χ2n) is 1.90. The van der Waals surface area contributed by atoms with Crippen LogP contribution in [0, 0.1) is 0 Å². The lowest BCUT2D eigenvalue weighted by Crippen LogP contribution is -2.06. The van der Waals surface area contributed by atoms with E-state index in [9.17, 15) is 4.79 Å². The Bertz CT molecular complexity index is 264. The second-order valence-corrected chi connectivity index (χ2v) is 1.90. The van der Waals surface area contributed by atoms with E-state index in [2.05, 4.69) is 0 Å². The molecule has 0 unspecified atom stereocenters. The van der Waals surface area contributed by atoms with E-state index in [0.717, 1.165) is 0 Å². The van der Waals surface area contributed by atoms with E-state index in [4.69, 9.17) is 5.73 Å². The van der Waals surface area contributed by atoms with Gasteiger partial charge in [-0.15, -0.1) is 0 Å². The van der Waals surface area contributed by atoms with Gasteiger partial charge in [0.1, 0.15) is 5.82 Å². The Balaban J connectivity index is 3.34. The third-order valence-corrected chi connectivity index (χ3v) is 1.16. The van der Waals surface area contributed by atoms with Gasteiger partial charge in [-0.25, -0.2) is 0 Å². The smallest absolute Gasteiger partial charge is 0.183 e. The number of hydrogen-bond donors (Lipinski definition) is 1. The maximum Gasteiger partial charge on any atom is 0.183 e. The largest absolute Gasteiger partial charge is 0.385 e. The van der Waals surface area contributed by atoms with Gasteiger partial charge in [0.2, 0.25) is 0 Å². The highest BCUT2D eigenvalue weighted by Crippen LogP contribution is 1.91. The lowest BCUT2D eigenvalue weighted by Gasteiger charge is -1.98. The summed E-state index contributed by atoms with van der Waals surface area (Å²) in [5, 5.41) is 0. The van der Waals surface area contributed by atoms with Crippen molar-refractivity contribution in [3.63, 3.8) is 0 Å². The minimum Gasteiger partial charge on any atom is -0.385 e. The quantitative estimate of drug-likeness (QED) is 0.528. The summed E-state index contributed by atoms with van der Waals surface area (Å²) in [7, 11) is 1.79. The van der Waals surface area contributed by atoms with Gasteiger partial charge in [-0.3, -0.25) is 4.79 Å². The van der Waals surface area contributed by atoms with Crippen LogP contribution in [0.5, 0.6) is 0 Å². The van der Waals surface area contributed by atoms with Crippen LogP contribution >= 0.6 is 0 Å². The summed E-state index contributed by atoms with van der Waals surface area (Å²) in [5.74, 6) is 0.488. The van der Waals surface area contributed by atoms with Gasteiger partial charge in [0.15, 0.2) is 5.43 Å². The van der Waals surface area contributed by atoms with Crippen LogP contribution in [-0.4, -0.2) is 4.57 Å². The predicted molar refractivity (Wildman–Crippen MR) is 36.1 cm³/mol. The molecule has 0 aliphatic carbocycles. The fourth-order valence-electron chi connectivity index (χ4n) is 0.567. The van der Waals surface area contributed by atoms with Crippen LogP contribution in [0.2, 0.25) is 0 Å². The predicted octanol–water partition coefficient (Wildman–Crippen LogP) is -0.0325. The van der Waals surface area contributed by atoms with Crippen LogP contribution in [0.15, 0.2) is 23.1 Å². The van der Waals surface area contributed by atoms with Crippen LogP contribution < -0.4 is 11.2 Å². The minimum atomic E-state index is -0.0504. The number of hydrogen-bond acceptors (Lipinski definition) is 2. The maximum atomic E-state index is 10.5. The van der Waals surface area contributed by atoms with Gasteiger partial charge >= 0.3 is 0 Å². The highest BCUT2D eigenvalue weighted by atomic mass is 16.1. The van der Waals surface area contributed by atoms with Crippen LogP contribution in [-0.2, 0) is 7.05 Å². The van der Waals surface area contributed by atoms with Crippen molar-refractivity contribution in [2.45, 2.75) is 0 Å². The molecule has 0 aliphatic heterocycles. The van der Waals surface area contributed by atoms with Gasteiger partial charge in [0, 0.05) is 25.4 Å². The van der Waals surface area contributed by atoms with Crippen molar-refractivity contribution in [2.75, 3.05) is 5.73 Å². The molecule has 3 nitrogen and oxygen atoms in total. The van der Waals surface area contributed by atoms with Crippen molar-refractivity contribution in [1.82, 2.24) is 4.57 Å². The molecule has 48 valence electrons. The fraction of sp³-hybridized carbons (Fsp3) is 0.167. The number of aromatic nitrogens is 1. The molecule has 2 N–H and O–H groups in total. The first-order chi connectivity index (χ1) is 4.20. The summed E-state index contributed by atoms with van der Waals surface area (Å²) >= 11 is 0. The highest BCUT2D eigenvalue weighted by Gasteiger charge is 1.87. The van der Waals surface area contributed by atoms with E-state index in [1.165, 1.54) is 12.1 Å². The molecule has 0 bridgehead atoms. The molecule has 0 radical (unpaired) electrons. The second kappa shape index (κ2) is 1.93. The maximum absolute atomic E-state index is 10.5. The van der Waals surface area contributed by atoms with Gasteiger partial charge < -0.3 is 10.3 Å². The molecule has 1 heterocycles. The molecule has 0 spiro atoms. The molecule has 0 amide bonds. The van der Waals surface area contributed by atoms with Gasteiger partial charge in [-0.1, -0.05) is 0 Å². The first-order valence-electron chi connectivity index (χ1n) is 2.62. The Labute approximate surface area is 52.7 Å². The lowest BCUT2D eigenvalue weighted by molar-refractivity contribution is 0.915. The minimum absolute atomic E-state index is 0.0504. The molecule has 0 aromatic carbocycles. The molecular formula is C6H8N2O. The zero-order chi connectivity index (χ0) is 6.85. The van der Waals surface area contributed by atoms with Crippen LogP contribution in [0.1, 0.15) is 0 Å². The molecule has 0 saturated carbocycles. The molecule has 1 rings (SSSR count). The van der Waals surface area contributed by atoms with Crippen molar-refractivity contribution < 1.29 is 0 Å². The Hall–Kier alpha value is -1.25. The summed E-state index contributed by atoms with van der Waals surface area (Å²) < 4.78 is 1.68. The number of aryl methyl sites for hydroxylation is 1. The summed E-state index contributed by atoms with van der Waals surface area (Å²) in [6, 6.07) is 2.86. The molecule has 0 aliphatic rings. The van der Waals surface area contributed by atoms with Crippen molar-refractivity contribution in [2.24, 2.45) is 7.05 Å². The zero-order valence-electron chi connectivity index (χ0n) is 5.16. The average molecular weight is 124 g/mol. The Morgan fingerprint density at radius 1 is 1.67 bits per heavy atom. The molecule has 0 atom stereocenters. The monoisotopic (exact) mass is 124 g/mol. The average Bonchev–Trinajstić information content (AvgIpc) is 1.80. The van der Waals surface area contributed by atoms with Crippen LogP contribution in [0.4, 0.5) is 5.82 Å². The third kappa shape index (κ3) is 1.10. The molecule has 1 aromatic heterocycles. The number of nitrogen functional groups attached to an aromatic ring is 1. The molecule has 1 aromatic rings. The molecular weight excluding hydrogens is 116 g/mol. The Morgan fingerprint density at radius 3 is 2.78 bits per heavy atom.